The van der Waals surface area contributed by atoms with Crippen molar-refractivity contribution >= 4 is 17.5 Å². The number of methoxy groups -OCH3 is 2. The number of rotatable bonds is 5. The molecule has 11 heteroatoms. The number of fused-ring (bicyclic) bond motifs is 1. The maximum absolute atomic E-state index is 13.9. The molecule has 2 aromatic carbocycles. The Morgan fingerprint density at radius 3 is 2.38 bits per heavy atom. The van der Waals surface area contributed by atoms with Crippen molar-refractivity contribution in [2.24, 2.45) is 0 Å². The summed E-state index contributed by atoms with van der Waals surface area (Å²) in [5.74, 6) is -2.18. The van der Waals surface area contributed by atoms with E-state index in [4.69, 9.17) is 9.47 Å². The fourth-order valence-electron chi connectivity index (χ4n) is 4.33. The molecule has 2 aliphatic rings. The van der Waals surface area contributed by atoms with Crippen molar-refractivity contribution in [1.82, 2.24) is 15.8 Å². The van der Waals surface area contributed by atoms with Crippen LogP contribution in [0.3, 0.4) is 0 Å². The molecule has 0 radical (unpaired) electrons. The van der Waals surface area contributed by atoms with Gasteiger partial charge in [0.2, 0.25) is 0 Å². The van der Waals surface area contributed by atoms with E-state index in [0.717, 1.165) is 5.01 Å². The SMILES string of the molecule is COc1cccc(NC(=O)C2=C(C)NC3C(c4ccccc4)C(C(F)(F)F)NN3C2=O)c1OC. The summed E-state index contributed by atoms with van der Waals surface area (Å²) < 4.78 is 52.2. The molecule has 1 fully saturated rings. The van der Waals surface area contributed by atoms with E-state index in [1.165, 1.54) is 21.1 Å². The number of amides is 2. The normalized spacial score (nSPS) is 22.2. The van der Waals surface area contributed by atoms with Gasteiger partial charge in [0.15, 0.2) is 11.5 Å². The van der Waals surface area contributed by atoms with E-state index in [1.807, 2.05) is 0 Å². The van der Waals surface area contributed by atoms with Gasteiger partial charge in [0.1, 0.15) is 17.8 Å². The molecule has 1 saturated heterocycles. The van der Waals surface area contributed by atoms with Gasteiger partial charge in [-0.15, -0.1) is 0 Å². The molecule has 0 aliphatic carbocycles. The highest BCUT2D eigenvalue weighted by atomic mass is 19.4. The van der Waals surface area contributed by atoms with Gasteiger partial charge in [-0.25, -0.2) is 10.4 Å². The second kappa shape index (κ2) is 8.90. The summed E-state index contributed by atoms with van der Waals surface area (Å²) in [4.78, 5) is 26.3. The molecule has 0 spiro atoms. The molecule has 3 unspecified atom stereocenters. The van der Waals surface area contributed by atoms with Crippen molar-refractivity contribution in [2.45, 2.75) is 31.2 Å². The van der Waals surface area contributed by atoms with Crippen molar-refractivity contribution in [3.05, 3.63) is 65.4 Å². The Labute approximate surface area is 193 Å². The number of hydrazine groups is 1. The number of halogens is 3. The number of carbonyl (C=O) groups is 2. The summed E-state index contributed by atoms with van der Waals surface area (Å²) in [6.07, 6.45) is -5.67. The van der Waals surface area contributed by atoms with E-state index in [9.17, 15) is 22.8 Å². The molecule has 180 valence electrons. The van der Waals surface area contributed by atoms with E-state index >= 15 is 0 Å². The molecule has 3 atom stereocenters. The van der Waals surface area contributed by atoms with E-state index < -0.39 is 36.1 Å². The van der Waals surface area contributed by atoms with Crippen molar-refractivity contribution in [1.29, 1.82) is 0 Å². The van der Waals surface area contributed by atoms with Crippen LogP contribution >= 0.6 is 0 Å². The number of nitrogens with one attached hydrogen (secondary N) is 3. The number of carbonyl (C=O) groups excluding carboxylic acids is 2. The maximum atomic E-state index is 13.9. The molecule has 8 nitrogen and oxygen atoms in total. The summed E-state index contributed by atoms with van der Waals surface area (Å²) in [6.45, 7) is 1.48. The Morgan fingerprint density at radius 1 is 1.06 bits per heavy atom. The number of hydrogen-bond donors (Lipinski definition) is 3. The fraction of sp³-hybridized carbons (Fsp3) is 0.304. The number of para-hydroxylation sites is 1. The van der Waals surface area contributed by atoms with Gasteiger partial charge in [0, 0.05) is 5.70 Å². The first kappa shape index (κ1) is 23.4. The van der Waals surface area contributed by atoms with Crippen molar-refractivity contribution in [2.75, 3.05) is 19.5 Å². The first-order valence-corrected chi connectivity index (χ1v) is 10.4. The van der Waals surface area contributed by atoms with Crippen LogP contribution in [0, 0.1) is 0 Å². The Kier molecular flexibility index (Phi) is 6.13. The summed E-state index contributed by atoms with van der Waals surface area (Å²) in [5, 5.41) is 6.37. The molecule has 2 aromatic rings. The van der Waals surface area contributed by atoms with E-state index in [2.05, 4.69) is 16.1 Å². The van der Waals surface area contributed by atoms with Crippen LogP contribution in [0.5, 0.6) is 11.5 Å². The highest BCUT2D eigenvalue weighted by Crippen LogP contribution is 2.41. The van der Waals surface area contributed by atoms with Gasteiger partial charge in [-0.2, -0.15) is 13.2 Å². The number of ether oxygens (including phenoxy) is 2. The summed E-state index contributed by atoms with van der Waals surface area (Å²) in [7, 11) is 2.83. The van der Waals surface area contributed by atoms with E-state index in [0.29, 0.717) is 11.3 Å². The van der Waals surface area contributed by atoms with E-state index in [1.54, 1.807) is 48.5 Å². The lowest BCUT2D eigenvalue weighted by atomic mass is 9.89. The largest absolute Gasteiger partial charge is 0.493 e. The number of nitrogens with zero attached hydrogens (tertiary/aromatic N) is 1. The molecule has 2 heterocycles. The lowest BCUT2D eigenvalue weighted by Gasteiger charge is -2.34. The van der Waals surface area contributed by atoms with Gasteiger partial charge < -0.3 is 20.1 Å². The third-order valence-corrected chi connectivity index (χ3v) is 5.84. The van der Waals surface area contributed by atoms with Crippen LogP contribution in [-0.2, 0) is 9.59 Å². The Morgan fingerprint density at radius 2 is 1.76 bits per heavy atom. The molecule has 2 aliphatic heterocycles. The molecule has 0 saturated carbocycles. The van der Waals surface area contributed by atoms with Crippen LogP contribution in [0.1, 0.15) is 18.4 Å². The van der Waals surface area contributed by atoms with Crippen molar-refractivity contribution < 1.29 is 32.2 Å². The smallest absolute Gasteiger partial charge is 0.406 e. The van der Waals surface area contributed by atoms with Crippen LogP contribution in [-0.4, -0.2) is 49.4 Å². The standard InChI is InChI=1S/C23H23F3N4O4/c1-12-16(21(31)28-14-10-7-11-15(33-2)18(14)34-3)22(32)30-20(27-12)17(13-8-5-4-6-9-13)19(29-30)23(24,25)26/h4-11,17,19-20,27,29H,1-3H3,(H,28,31). The molecule has 0 bridgehead atoms. The van der Waals surface area contributed by atoms with Crippen LogP contribution in [0.4, 0.5) is 18.9 Å². The minimum atomic E-state index is -4.63. The van der Waals surface area contributed by atoms with Crippen LogP contribution in [0.25, 0.3) is 0 Å². The lowest BCUT2D eigenvalue weighted by Crippen LogP contribution is -2.56. The summed E-state index contributed by atoms with van der Waals surface area (Å²) in [6, 6.07) is 10.9. The van der Waals surface area contributed by atoms with Crippen molar-refractivity contribution in [3.8, 4) is 11.5 Å². The molecule has 3 N–H and O–H groups in total. The molecule has 2 amide bonds. The second-order valence-electron chi connectivity index (χ2n) is 7.84. The highest BCUT2D eigenvalue weighted by molar-refractivity contribution is 6.23. The molecular formula is C23H23F3N4O4. The summed E-state index contributed by atoms with van der Waals surface area (Å²) in [5.41, 5.74) is 2.78. The average molecular weight is 476 g/mol. The lowest BCUT2D eigenvalue weighted by molar-refractivity contribution is -0.161. The zero-order valence-electron chi connectivity index (χ0n) is 18.6. The van der Waals surface area contributed by atoms with Gasteiger partial charge in [-0.1, -0.05) is 36.4 Å². The number of allylic oxidation sites excluding steroid dienone is 1. The quantitative estimate of drug-likeness (QED) is 0.575. The van der Waals surface area contributed by atoms with Crippen LogP contribution in [0.15, 0.2) is 59.8 Å². The molecule has 0 aromatic heterocycles. The maximum Gasteiger partial charge on any atom is 0.406 e. The fourth-order valence-corrected chi connectivity index (χ4v) is 4.33. The number of benzene rings is 2. The Bertz CT molecular complexity index is 1140. The minimum Gasteiger partial charge on any atom is -0.493 e. The number of alkyl halides is 3. The first-order chi connectivity index (χ1) is 16.2. The third-order valence-electron chi connectivity index (χ3n) is 5.84. The van der Waals surface area contributed by atoms with Gasteiger partial charge in [0.25, 0.3) is 11.8 Å². The predicted octanol–water partition coefficient (Wildman–Crippen LogP) is 2.91. The summed E-state index contributed by atoms with van der Waals surface area (Å²) >= 11 is 0. The monoisotopic (exact) mass is 476 g/mol. The van der Waals surface area contributed by atoms with Crippen molar-refractivity contribution in [3.63, 3.8) is 0 Å². The zero-order chi connectivity index (χ0) is 24.6. The molecular weight excluding hydrogens is 453 g/mol. The topological polar surface area (TPSA) is 91.9 Å². The predicted molar refractivity (Wildman–Crippen MR) is 117 cm³/mol. The number of hydrogen-bond acceptors (Lipinski definition) is 6. The van der Waals surface area contributed by atoms with Gasteiger partial charge >= 0.3 is 6.18 Å². The molecule has 34 heavy (non-hydrogen) atoms. The minimum absolute atomic E-state index is 0.163. The van der Waals surface area contributed by atoms with E-state index in [-0.39, 0.29) is 22.7 Å². The third kappa shape index (κ3) is 4.03. The Hall–Kier alpha value is -3.73. The van der Waals surface area contributed by atoms with Gasteiger partial charge in [-0.05, 0) is 24.6 Å². The zero-order valence-corrected chi connectivity index (χ0v) is 18.6. The average Bonchev–Trinajstić information content (AvgIpc) is 3.19. The second-order valence-corrected chi connectivity index (χ2v) is 7.84. The Balaban J connectivity index is 1.67. The molecule has 4 rings (SSSR count). The van der Waals surface area contributed by atoms with Crippen LogP contribution in [0.2, 0.25) is 0 Å². The first-order valence-electron chi connectivity index (χ1n) is 10.4. The highest BCUT2D eigenvalue weighted by Gasteiger charge is 2.58. The number of anilines is 1. The van der Waals surface area contributed by atoms with Gasteiger partial charge in [0.05, 0.1) is 25.8 Å². The van der Waals surface area contributed by atoms with Crippen LogP contribution < -0.4 is 25.5 Å². The van der Waals surface area contributed by atoms with Gasteiger partial charge in [-0.3, -0.25) is 9.59 Å².